The second kappa shape index (κ2) is 4.34. The van der Waals surface area contributed by atoms with Crippen LogP contribution >= 0.6 is 0 Å². The Bertz CT molecular complexity index is 473. The lowest BCUT2D eigenvalue weighted by atomic mass is 10.3. The van der Waals surface area contributed by atoms with Gasteiger partial charge in [-0.2, -0.15) is 14.6 Å². The van der Waals surface area contributed by atoms with Crippen LogP contribution in [-0.4, -0.2) is 19.6 Å². The summed E-state index contributed by atoms with van der Waals surface area (Å²) in [5.41, 5.74) is 0.549. The molecule has 0 spiro atoms. The van der Waals surface area contributed by atoms with Crippen LogP contribution < -0.4 is 5.32 Å². The molecule has 0 unspecified atom stereocenters. The SMILES string of the molecule is CCn1ncc(CNc2ccn(C)n2)c1F. The molecule has 6 heteroatoms. The molecule has 0 atom stereocenters. The first-order valence-electron chi connectivity index (χ1n) is 5.14. The van der Waals surface area contributed by atoms with Gasteiger partial charge < -0.3 is 5.32 Å². The second-order valence-electron chi connectivity index (χ2n) is 3.50. The molecular formula is C10H14FN5. The molecule has 1 N–H and O–H groups in total. The van der Waals surface area contributed by atoms with E-state index in [4.69, 9.17) is 0 Å². The first-order valence-corrected chi connectivity index (χ1v) is 5.14. The van der Waals surface area contributed by atoms with Crippen molar-refractivity contribution >= 4 is 5.82 Å². The zero-order valence-electron chi connectivity index (χ0n) is 9.31. The van der Waals surface area contributed by atoms with E-state index in [1.54, 1.807) is 4.68 Å². The van der Waals surface area contributed by atoms with Crippen molar-refractivity contribution in [2.45, 2.75) is 20.0 Å². The third-order valence-electron chi connectivity index (χ3n) is 2.32. The minimum absolute atomic E-state index is 0.286. The number of aromatic nitrogens is 4. The highest BCUT2D eigenvalue weighted by molar-refractivity contribution is 5.33. The van der Waals surface area contributed by atoms with Crippen LogP contribution in [0.25, 0.3) is 0 Å². The fourth-order valence-corrected chi connectivity index (χ4v) is 1.44. The average molecular weight is 223 g/mol. The first-order chi connectivity index (χ1) is 7.70. The molecule has 2 rings (SSSR count). The molecule has 0 bridgehead atoms. The van der Waals surface area contributed by atoms with Crippen LogP contribution in [0, 0.1) is 5.95 Å². The summed E-state index contributed by atoms with van der Waals surface area (Å²) >= 11 is 0. The van der Waals surface area contributed by atoms with Crippen LogP contribution in [0.4, 0.5) is 10.2 Å². The van der Waals surface area contributed by atoms with Gasteiger partial charge in [-0.25, -0.2) is 4.68 Å². The van der Waals surface area contributed by atoms with Crippen molar-refractivity contribution in [3.63, 3.8) is 0 Å². The Kier molecular flexibility index (Phi) is 2.89. The highest BCUT2D eigenvalue weighted by atomic mass is 19.1. The summed E-state index contributed by atoms with van der Waals surface area (Å²) in [6.45, 7) is 2.78. The minimum Gasteiger partial charge on any atom is -0.364 e. The Balaban J connectivity index is 2.02. The number of aryl methyl sites for hydroxylation is 2. The number of nitrogens with one attached hydrogen (secondary N) is 1. The lowest BCUT2D eigenvalue weighted by Crippen LogP contribution is -2.04. The van der Waals surface area contributed by atoms with E-state index in [1.165, 1.54) is 10.9 Å². The molecule has 0 aliphatic rings. The molecule has 16 heavy (non-hydrogen) atoms. The Hall–Kier alpha value is -1.85. The topological polar surface area (TPSA) is 47.7 Å². The van der Waals surface area contributed by atoms with Gasteiger partial charge in [0, 0.05) is 38.0 Å². The van der Waals surface area contributed by atoms with E-state index in [2.05, 4.69) is 15.5 Å². The number of hydrogen-bond acceptors (Lipinski definition) is 3. The monoisotopic (exact) mass is 223 g/mol. The van der Waals surface area contributed by atoms with E-state index >= 15 is 0 Å². The molecule has 0 fully saturated rings. The van der Waals surface area contributed by atoms with E-state index in [-0.39, 0.29) is 5.95 Å². The van der Waals surface area contributed by atoms with Gasteiger partial charge in [-0.3, -0.25) is 4.68 Å². The van der Waals surface area contributed by atoms with Crippen molar-refractivity contribution in [3.05, 3.63) is 30.0 Å². The Morgan fingerprint density at radius 1 is 1.50 bits per heavy atom. The standard InChI is InChI=1S/C10H14FN5/c1-3-16-10(11)8(7-13-16)6-12-9-4-5-15(2)14-9/h4-5,7H,3,6H2,1-2H3,(H,12,14). The molecule has 0 saturated carbocycles. The molecule has 2 aromatic heterocycles. The number of anilines is 1. The highest BCUT2D eigenvalue weighted by Crippen LogP contribution is 2.09. The summed E-state index contributed by atoms with van der Waals surface area (Å²) in [7, 11) is 1.83. The van der Waals surface area contributed by atoms with Gasteiger partial charge in [0.25, 0.3) is 0 Å². The van der Waals surface area contributed by atoms with Crippen molar-refractivity contribution in [1.82, 2.24) is 19.6 Å². The maximum atomic E-state index is 13.6. The third kappa shape index (κ3) is 2.05. The largest absolute Gasteiger partial charge is 0.364 e. The number of hydrogen-bond donors (Lipinski definition) is 1. The van der Waals surface area contributed by atoms with Crippen LogP contribution in [0.1, 0.15) is 12.5 Å². The van der Waals surface area contributed by atoms with Crippen LogP contribution in [-0.2, 0) is 20.1 Å². The molecule has 0 aliphatic carbocycles. The molecule has 2 heterocycles. The molecule has 2 aromatic rings. The first kappa shape index (κ1) is 10.7. The number of rotatable bonds is 4. The lowest BCUT2D eigenvalue weighted by molar-refractivity contribution is 0.465. The van der Waals surface area contributed by atoms with E-state index < -0.39 is 0 Å². The Labute approximate surface area is 92.9 Å². The molecule has 5 nitrogen and oxygen atoms in total. The fraction of sp³-hybridized carbons (Fsp3) is 0.400. The summed E-state index contributed by atoms with van der Waals surface area (Å²) in [5.74, 6) is 0.442. The van der Waals surface area contributed by atoms with Crippen LogP contribution in [0.3, 0.4) is 0 Å². The van der Waals surface area contributed by atoms with Gasteiger partial charge in [0.05, 0.1) is 6.20 Å². The summed E-state index contributed by atoms with van der Waals surface area (Å²) in [5, 5.41) is 11.1. The normalized spacial score (nSPS) is 10.7. The van der Waals surface area contributed by atoms with E-state index in [0.717, 1.165) is 5.82 Å². The fourth-order valence-electron chi connectivity index (χ4n) is 1.44. The van der Waals surface area contributed by atoms with Gasteiger partial charge >= 0.3 is 0 Å². The second-order valence-corrected chi connectivity index (χ2v) is 3.50. The van der Waals surface area contributed by atoms with Crippen LogP contribution in [0.15, 0.2) is 18.5 Å². The van der Waals surface area contributed by atoms with Crippen molar-refractivity contribution in [2.75, 3.05) is 5.32 Å². The van der Waals surface area contributed by atoms with E-state index in [0.29, 0.717) is 18.7 Å². The zero-order chi connectivity index (χ0) is 11.5. The minimum atomic E-state index is -0.286. The van der Waals surface area contributed by atoms with Gasteiger partial charge in [-0.05, 0) is 6.92 Å². The summed E-state index contributed by atoms with van der Waals surface area (Å²) < 4.78 is 16.6. The highest BCUT2D eigenvalue weighted by Gasteiger charge is 2.08. The molecule has 0 aliphatic heterocycles. The molecule has 0 amide bonds. The smallest absolute Gasteiger partial charge is 0.216 e. The van der Waals surface area contributed by atoms with Gasteiger partial charge in [-0.1, -0.05) is 0 Å². The molecule has 0 aromatic carbocycles. The zero-order valence-corrected chi connectivity index (χ0v) is 9.31. The van der Waals surface area contributed by atoms with Crippen LogP contribution in [0.2, 0.25) is 0 Å². The molecular weight excluding hydrogens is 209 g/mol. The average Bonchev–Trinajstić information content (AvgIpc) is 2.83. The maximum Gasteiger partial charge on any atom is 0.216 e. The van der Waals surface area contributed by atoms with Crippen LogP contribution in [0.5, 0.6) is 0 Å². The van der Waals surface area contributed by atoms with Gasteiger partial charge in [0.15, 0.2) is 0 Å². The molecule has 0 radical (unpaired) electrons. The quantitative estimate of drug-likeness (QED) is 0.852. The predicted octanol–water partition coefficient (Wildman–Crippen LogP) is 1.39. The Morgan fingerprint density at radius 3 is 2.88 bits per heavy atom. The predicted molar refractivity (Wildman–Crippen MR) is 58.4 cm³/mol. The van der Waals surface area contributed by atoms with E-state index in [9.17, 15) is 4.39 Å². The van der Waals surface area contributed by atoms with Crippen molar-refractivity contribution in [1.29, 1.82) is 0 Å². The number of halogens is 1. The number of nitrogens with zero attached hydrogens (tertiary/aromatic N) is 4. The maximum absolute atomic E-state index is 13.6. The summed E-state index contributed by atoms with van der Waals surface area (Å²) in [6, 6.07) is 1.84. The molecule has 86 valence electrons. The lowest BCUT2D eigenvalue weighted by Gasteiger charge is -2.01. The Morgan fingerprint density at radius 2 is 2.31 bits per heavy atom. The van der Waals surface area contributed by atoms with Gasteiger partial charge in [-0.15, -0.1) is 0 Å². The van der Waals surface area contributed by atoms with E-state index in [1.807, 2.05) is 26.2 Å². The summed E-state index contributed by atoms with van der Waals surface area (Å²) in [4.78, 5) is 0. The van der Waals surface area contributed by atoms with Crippen molar-refractivity contribution in [3.8, 4) is 0 Å². The van der Waals surface area contributed by atoms with Crippen molar-refractivity contribution < 1.29 is 4.39 Å². The summed E-state index contributed by atoms with van der Waals surface area (Å²) in [6.07, 6.45) is 3.36. The third-order valence-corrected chi connectivity index (χ3v) is 2.32. The van der Waals surface area contributed by atoms with Gasteiger partial charge in [0.1, 0.15) is 5.82 Å². The van der Waals surface area contributed by atoms with Crippen molar-refractivity contribution in [2.24, 2.45) is 7.05 Å². The van der Waals surface area contributed by atoms with Gasteiger partial charge in [0.2, 0.25) is 5.95 Å². The molecule has 0 saturated heterocycles.